The predicted octanol–water partition coefficient (Wildman–Crippen LogP) is 8.30. The molecule has 0 heterocycles. The molecule has 0 amide bonds. The van der Waals surface area contributed by atoms with Gasteiger partial charge in [-0.05, 0) is 48.4 Å². The van der Waals surface area contributed by atoms with Gasteiger partial charge in [0.15, 0.2) is 17.5 Å². The summed E-state index contributed by atoms with van der Waals surface area (Å²) >= 11 is 0. The van der Waals surface area contributed by atoms with Gasteiger partial charge in [-0.3, -0.25) is 0 Å². The maximum Gasteiger partial charge on any atom is 0.432 e. The van der Waals surface area contributed by atoms with Gasteiger partial charge in [-0.25, -0.2) is 35.1 Å². The Morgan fingerprint density at radius 3 is 1.72 bits per heavy atom. The largest absolute Gasteiger partial charge is 0.432 e. The molecule has 0 aliphatic heterocycles. The van der Waals surface area contributed by atoms with E-state index in [2.05, 4.69) is 4.74 Å². The third kappa shape index (κ3) is 5.70. The molecule has 4 rings (SSSR count). The zero-order valence-electron chi connectivity index (χ0n) is 19.4. The Morgan fingerprint density at radius 2 is 1.18 bits per heavy atom. The molecule has 39 heavy (non-hydrogen) atoms. The van der Waals surface area contributed by atoms with Crippen LogP contribution in [0.25, 0.3) is 11.1 Å². The van der Waals surface area contributed by atoms with Crippen molar-refractivity contribution in [2.24, 2.45) is 0 Å². The molecule has 0 aliphatic carbocycles. The summed E-state index contributed by atoms with van der Waals surface area (Å²) in [6, 6.07) is 6.30. The topological polar surface area (TPSA) is 9.23 Å². The van der Waals surface area contributed by atoms with Gasteiger partial charge in [-0.2, -0.15) is 8.78 Å². The van der Waals surface area contributed by atoms with E-state index in [1.807, 2.05) is 11.8 Å². The second-order valence-corrected chi connectivity index (χ2v) is 8.18. The van der Waals surface area contributed by atoms with Crippen molar-refractivity contribution in [3.05, 3.63) is 123 Å². The van der Waals surface area contributed by atoms with Crippen molar-refractivity contribution in [2.75, 3.05) is 0 Å². The molecule has 0 atom stereocenters. The first-order chi connectivity index (χ1) is 18.3. The number of aryl methyl sites for hydroxylation is 1. The molecule has 0 bridgehead atoms. The third-order valence-corrected chi connectivity index (χ3v) is 5.35. The van der Waals surface area contributed by atoms with Crippen LogP contribution in [0.5, 0.6) is 5.75 Å². The van der Waals surface area contributed by atoms with E-state index in [4.69, 9.17) is 0 Å². The maximum atomic E-state index is 14.6. The van der Waals surface area contributed by atoms with E-state index in [-0.39, 0.29) is 23.3 Å². The number of hydrogen-bond donors (Lipinski definition) is 0. The van der Waals surface area contributed by atoms with Crippen molar-refractivity contribution >= 4 is 0 Å². The van der Waals surface area contributed by atoms with Gasteiger partial charge in [0.05, 0.1) is 5.56 Å². The minimum absolute atomic E-state index is 0.0452. The number of halogens is 10. The molecular formula is C28H12F10O. The van der Waals surface area contributed by atoms with Crippen molar-refractivity contribution in [2.45, 2.75) is 13.0 Å². The predicted molar refractivity (Wildman–Crippen MR) is 120 cm³/mol. The van der Waals surface area contributed by atoms with E-state index in [1.165, 1.54) is 12.1 Å². The van der Waals surface area contributed by atoms with Crippen LogP contribution in [-0.2, 0) is 6.11 Å². The fraction of sp³-hybridized carbons (Fsp3) is 0.0714. The zero-order valence-corrected chi connectivity index (χ0v) is 19.4. The summed E-state index contributed by atoms with van der Waals surface area (Å²) in [7, 11) is 0. The summed E-state index contributed by atoms with van der Waals surface area (Å²) in [5.41, 5.74) is -3.08. The maximum absolute atomic E-state index is 14.6. The molecule has 0 unspecified atom stereocenters. The number of hydrogen-bond acceptors (Lipinski definition) is 1. The average Bonchev–Trinajstić information content (AvgIpc) is 2.81. The van der Waals surface area contributed by atoms with Gasteiger partial charge in [0, 0.05) is 23.3 Å². The van der Waals surface area contributed by atoms with Crippen molar-refractivity contribution < 1.29 is 48.6 Å². The van der Waals surface area contributed by atoms with Crippen LogP contribution in [0.4, 0.5) is 43.9 Å². The lowest BCUT2D eigenvalue weighted by molar-refractivity contribution is -0.189. The highest BCUT2D eigenvalue weighted by Gasteiger charge is 2.41. The summed E-state index contributed by atoms with van der Waals surface area (Å²) in [5, 5.41) is 0. The first kappa shape index (κ1) is 27.6. The SMILES string of the molecule is Cc1ccc(-c2cc(F)c(C#Cc3cc(F)c(C(F)(F)Oc4cc(F)c(F)c(F)c4)c(F)c3)c(F)c2)c(F)c1. The van der Waals surface area contributed by atoms with E-state index in [9.17, 15) is 43.9 Å². The normalized spacial score (nSPS) is 11.3. The Labute approximate surface area is 214 Å². The van der Waals surface area contributed by atoms with Crippen LogP contribution >= 0.6 is 0 Å². The van der Waals surface area contributed by atoms with Crippen molar-refractivity contribution in [3.8, 4) is 28.7 Å². The molecule has 4 aromatic carbocycles. The van der Waals surface area contributed by atoms with Gasteiger partial charge >= 0.3 is 6.11 Å². The highest BCUT2D eigenvalue weighted by atomic mass is 19.3. The Morgan fingerprint density at radius 1 is 0.615 bits per heavy atom. The number of ether oxygens (including phenoxy) is 1. The van der Waals surface area contributed by atoms with E-state index in [0.29, 0.717) is 17.7 Å². The molecule has 0 spiro atoms. The van der Waals surface area contributed by atoms with Crippen LogP contribution in [-0.4, -0.2) is 0 Å². The third-order valence-electron chi connectivity index (χ3n) is 5.35. The van der Waals surface area contributed by atoms with Crippen LogP contribution in [0.1, 0.15) is 22.3 Å². The Balaban J connectivity index is 1.64. The molecular weight excluding hydrogens is 542 g/mol. The van der Waals surface area contributed by atoms with Crippen LogP contribution in [0.15, 0.2) is 54.6 Å². The fourth-order valence-electron chi connectivity index (χ4n) is 3.55. The molecule has 0 saturated carbocycles. The van der Waals surface area contributed by atoms with E-state index in [0.717, 1.165) is 18.2 Å². The summed E-state index contributed by atoms with van der Waals surface area (Å²) < 4.78 is 145. The van der Waals surface area contributed by atoms with Crippen molar-refractivity contribution in [1.82, 2.24) is 0 Å². The lowest BCUT2D eigenvalue weighted by atomic mass is 10.0. The molecule has 0 N–H and O–H groups in total. The number of rotatable bonds is 4. The first-order valence-corrected chi connectivity index (χ1v) is 10.8. The highest BCUT2D eigenvalue weighted by Crippen LogP contribution is 2.36. The summed E-state index contributed by atoms with van der Waals surface area (Å²) in [4.78, 5) is 0. The van der Waals surface area contributed by atoms with Gasteiger partial charge in [0.25, 0.3) is 0 Å². The van der Waals surface area contributed by atoms with Crippen LogP contribution < -0.4 is 4.74 Å². The molecule has 0 fully saturated rings. The quantitative estimate of drug-likeness (QED) is 0.140. The average molecular weight is 554 g/mol. The molecule has 0 aromatic heterocycles. The van der Waals surface area contributed by atoms with Crippen molar-refractivity contribution in [1.29, 1.82) is 0 Å². The lowest BCUT2D eigenvalue weighted by Gasteiger charge is -2.19. The van der Waals surface area contributed by atoms with Gasteiger partial charge in [0.2, 0.25) is 0 Å². The Bertz CT molecular complexity index is 1600. The van der Waals surface area contributed by atoms with Crippen molar-refractivity contribution in [3.63, 3.8) is 0 Å². The molecule has 200 valence electrons. The Hall–Kier alpha value is -4.46. The van der Waals surface area contributed by atoms with E-state index >= 15 is 0 Å². The summed E-state index contributed by atoms with van der Waals surface area (Å²) in [6.07, 6.45) is -4.82. The standard InChI is InChI=1S/C28H12F10O/c1-13-2-4-17(19(29)6-13)15-9-20(30)18(21(31)10-15)5-3-14-7-22(32)26(23(33)8-14)28(37,38)39-16-11-24(34)27(36)25(35)12-16/h2,4,6-12H,1H3. The van der Waals surface area contributed by atoms with Crippen LogP contribution in [0, 0.1) is 65.3 Å². The molecule has 11 heteroatoms. The first-order valence-electron chi connectivity index (χ1n) is 10.8. The molecule has 1 nitrogen and oxygen atoms in total. The monoisotopic (exact) mass is 554 g/mol. The van der Waals surface area contributed by atoms with Crippen LogP contribution in [0.3, 0.4) is 0 Å². The Kier molecular flexibility index (Phi) is 7.33. The summed E-state index contributed by atoms with van der Waals surface area (Å²) in [5.74, 6) is -9.98. The minimum atomic E-state index is -4.82. The van der Waals surface area contributed by atoms with Crippen LogP contribution in [0.2, 0.25) is 0 Å². The highest BCUT2D eigenvalue weighted by molar-refractivity contribution is 5.66. The summed E-state index contributed by atoms with van der Waals surface area (Å²) in [6.45, 7) is 1.62. The van der Waals surface area contributed by atoms with Gasteiger partial charge in [-0.15, -0.1) is 0 Å². The second kappa shape index (κ2) is 10.4. The minimum Gasteiger partial charge on any atom is -0.429 e. The number of alkyl halides is 2. The molecule has 0 radical (unpaired) electrons. The van der Waals surface area contributed by atoms with Gasteiger partial charge < -0.3 is 4.74 Å². The molecule has 0 saturated heterocycles. The molecule has 4 aromatic rings. The van der Waals surface area contributed by atoms with Gasteiger partial charge in [-0.1, -0.05) is 24.0 Å². The zero-order chi connectivity index (χ0) is 28.6. The van der Waals surface area contributed by atoms with E-state index < -0.39 is 75.1 Å². The molecule has 0 aliphatic rings. The van der Waals surface area contributed by atoms with Gasteiger partial charge in [0.1, 0.15) is 40.4 Å². The number of benzene rings is 4. The smallest absolute Gasteiger partial charge is 0.429 e. The lowest BCUT2D eigenvalue weighted by Crippen LogP contribution is -2.25. The second-order valence-electron chi connectivity index (χ2n) is 8.18. The van der Waals surface area contributed by atoms with E-state index in [1.54, 1.807) is 6.92 Å². The fourth-order valence-corrected chi connectivity index (χ4v) is 3.55.